The number of amides is 8. The number of fused-ring (bicyclic) bond motifs is 16. The van der Waals surface area contributed by atoms with Gasteiger partial charge in [-0.2, -0.15) is 0 Å². The van der Waals surface area contributed by atoms with Gasteiger partial charge in [-0.15, -0.1) is 0 Å². The van der Waals surface area contributed by atoms with Crippen molar-refractivity contribution in [2.75, 3.05) is 107 Å². The van der Waals surface area contributed by atoms with E-state index in [1.165, 1.54) is 69.3 Å². The van der Waals surface area contributed by atoms with E-state index in [9.17, 15) is 19.2 Å². The first kappa shape index (κ1) is 74.1. The van der Waals surface area contributed by atoms with Gasteiger partial charge in [0.2, 0.25) is 0 Å². The van der Waals surface area contributed by atoms with Crippen LogP contribution in [0.5, 0.6) is 23.0 Å². The average molecular weight is 1390 g/mol. The van der Waals surface area contributed by atoms with Crippen LogP contribution in [-0.4, -0.2) is 194 Å². The van der Waals surface area contributed by atoms with Gasteiger partial charge < -0.3 is 58.1 Å². The van der Waals surface area contributed by atoms with Gasteiger partial charge in [0.1, 0.15) is 23.0 Å². The topological polar surface area (TPSA) is 131 Å². The molecule has 12 aliphatic rings. The lowest BCUT2D eigenvalue weighted by Gasteiger charge is -2.52. The van der Waals surface area contributed by atoms with Crippen LogP contribution >= 0.6 is 0 Å². The minimum atomic E-state index is -0.0350. The molecule has 8 aliphatic heterocycles. The summed E-state index contributed by atoms with van der Waals surface area (Å²) in [7, 11) is 6.92. The largest absolute Gasteiger partial charge is 0.497 e. The number of carbonyl (C=O) groups excluding carboxylic acids is 4. The molecule has 552 valence electrons. The molecule has 8 unspecified atom stereocenters. The van der Waals surface area contributed by atoms with Crippen molar-refractivity contribution in [3.63, 3.8) is 0 Å². The molecule has 5 aromatic rings. The van der Waals surface area contributed by atoms with E-state index in [0.717, 1.165) is 230 Å². The summed E-state index contributed by atoms with van der Waals surface area (Å²) in [6.07, 6.45) is 25.4. The van der Waals surface area contributed by atoms with Crippen LogP contribution in [0.15, 0.2) is 103 Å². The fourth-order valence-corrected chi connectivity index (χ4v) is 20.6. The Kier molecular flexibility index (Phi) is 22.8. The van der Waals surface area contributed by atoms with Crippen LogP contribution < -0.4 is 18.9 Å². The highest BCUT2D eigenvalue weighted by Crippen LogP contribution is 2.54. The van der Waals surface area contributed by atoms with Crippen molar-refractivity contribution in [1.29, 1.82) is 0 Å². The molecule has 16 nitrogen and oxygen atoms in total. The highest BCUT2D eigenvalue weighted by molar-refractivity contribution is 5.78. The Morgan fingerprint density at radius 3 is 0.951 bits per heavy atom. The standard InChI is InChI=1S/C25H30N2O2.2C20H28N2O2.C19H26N2O2.2CH4/c1-29-22-11-10-19-16-21-18-25(23(19)17-22,20-8-4-2-5-9-20)12-15-27(21)24(28)26-13-6-3-7-14-26;2*1-3-20-13-16(11-15-7-8-17(24-2)12-18(15)20)22(14-20)19(23)21-9-5-4-6-10-21;1-3-19-12-15(10-14-6-7-16(23-2)11-17(14)19)21(13-19)18(22)20-8-4-5-9-20;;/h2,4-5,8-11,17,21H,3,6-7,12-16,18H2,1H3;2*7-8,12,16H,3-6,9-11,13-14H2,1-2H3;6-7,11,15H,3-5,8-10,12-13H2,1-2H3;2*1H4. The first-order valence-corrected chi connectivity index (χ1v) is 38.7. The third-order valence-electron chi connectivity index (χ3n) is 26.3. The molecule has 0 spiro atoms. The molecule has 8 atom stereocenters. The van der Waals surface area contributed by atoms with Crippen molar-refractivity contribution in [3.8, 4) is 23.0 Å². The van der Waals surface area contributed by atoms with Gasteiger partial charge in [-0.3, -0.25) is 0 Å². The Morgan fingerprint density at radius 1 is 0.353 bits per heavy atom. The molecule has 16 heteroatoms. The fraction of sp³-hybridized carbons (Fsp3) is 0.605. The Balaban J connectivity index is 0.000000128. The minimum absolute atomic E-state index is 0. The van der Waals surface area contributed by atoms with Crippen LogP contribution in [-0.2, 0) is 47.3 Å². The van der Waals surface area contributed by atoms with E-state index in [1.54, 1.807) is 28.4 Å². The molecule has 0 aromatic heterocycles. The Bertz CT molecular complexity index is 3640. The Hall–Kier alpha value is -7.62. The lowest BCUT2D eigenvalue weighted by atomic mass is 9.60. The third-order valence-corrected chi connectivity index (χ3v) is 26.3. The molecule has 5 aromatic carbocycles. The maximum atomic E-state index is 13.3. The molecule has 8 heterocycles. The molecule has 0 N–H and O–H groups in total. The number of nitrogens with zero attached hydrogens (tertiary/aromatic N) is 8. The zero-order valence-corrected chi connectivity index (χ0v) is 61.2. The zero-order valence-electron chi connectivity index (χ0n) is 61.2. The second-order valence-corrected chi connectivity index (χ2v) is 31.5. The average Bonchev–Trinajstić information content (AvgIpc) is 1.23. The summed E-state index contributed by atoms with van der Waals surface area (Å²) in [5.74, 6) is 3.71. The van der Waals surface area contributed by atoms with Crippen molar-refractivity contribution in [1.82, 2.24) is 39.2 Å². The van der Waals surface area contributed by atoms with Crippen LogP contribution in [0.3, 0.4) is 0 Å². The van der Waals surface area contributed by atoms with Crippen LogP contribution in [0.2, 0.25) is 0 Å². The number of rotatable bonds is 8. The highest BCUT2D eigenvalue weighted by atomic mass is 16.5. The molecule has 4 aliphatic carbocycles. The molecule has 0 saturated carbocycles. The second-order valence-electron chi connectivity index (χ2n) is 31.5. The lowest BCUT2D eigenvalue weighted by molar-refractivity contribution is 0.0840. The van der Waals surface area contributed by atoms with Crippen molar-refractivity contribution >= 4 is 24.1 Å². The Labute approximate surface area is 610 Å². The number of methoxy groups -OCH3 is 4. The van der Waals surface area contributed by atoms with Gasteiger partial charge in [0.05, 0.1) is 28.4 Å². The van der Waals surface area contributed by atoms with Crippen molar-refractivity contribution in [2.45, 2.75) is 229 Å². The summed E-state index contributed by atoms with van der Waals surface area (Å²) >= 11 is 0. The fourth-order valence-electron chi connectivity index (χ4n) is 20.6. The normalized spacial score (nSPS) is 27.4. The van der Waals surface area contributed by atoms with E-state index in [2.05, 4.69) is 163 Å². The number of hydrogen-bond donors (Lipinski definition) is 0. The maximum absolute atomic E-state index is 13.3. The summed E-state index contributed by atoms with van der Waals surface area (Å²) in [6, 6.07) is 39.2. The van der Waals surface area contributed by atoms with Crippen LogP contribution in [0.4, 0.5) is 19.2 Å². The number of urea groups is 4. The van der Waals surface area contributed by atoms with Gasteiger partial charge >= 0.3 is 24.1 Å². The first-order chi connectivity index (χ1) is 48.7. The number of ether oxygens (including phenoxy) is 4. The highest BCUT2D eigenvalue weighted by Gasteiger charge is 2.55. The second kappa shape index (κ2) is 31.4. The number of benzene rings is 5. The molecule has 17 rings (SSSR count). The monoisotopic (exact) mass is 1390 g/mol. The predicted octanol–water partition coefficient (Wildman–Crippen LogP) is 16.2. The summed E-state index contributed by atoms with van der Waals surface area (Å²) in [5, 5.41) is 0. The van der Waals surface area contributed by atoms with Gasteiger partial charge in [0.15, 0.2) is 0 Å². The van der Waals surface area contributed by atoms with E-state index in [1.807, 2.05) is 0 Å². The van der Waals surface area contributed by atoms with Crippen molar-refractivity contribution in [2.24, 2.45) is 0 Å². The number of likely N-dealkylation sites (tertiary alicyclic amines) is 8. The lowest BCUT2D eigenvalue weighted by Crippen LogP contribution is -2.58. The van der Waals surface area contributed by atoms with Gasteiger partial charge in [-0.1, -0.05) is 90.2 Å². The van der Waals surface area contributed by atoms with E-state index >= 15 is 0 Å². The molecular weight excluding hydrogens is 1270 g/mol. The number of piperidine rings is 4. The first-order valence-electron chi connectivity index (χ1n) is 38.7. The van der Waals surface area contributed by atoms with Gasteiger partial charge in [0, 0.05) is 124 Å². The summed E-state index contributed by atoms with van der Waals surface area (Å²) in [4.78, 5) is 69.5. The molecule has 0 radical (unpaired) electrons. The Morgan fingerprint density at radius 2 is 0.637 bits per heavy atom. The van der Waals surface area contributed by atoms with Crippen LogP contribution in [0.1, 0.15) is 208 Å². The molecule has 8 saturated heterocycles. The molecule has 102 heavy (non-hydrogen) atoms. The van der Waals surface area contributed by atoms with Crippen LogP contribution in [0, 0.1) is 0 Å². The summed E-state index contributed by atoms with van der Waals surface area (Å²) in [6.45, 7) is 17.6. The van der Waals surface area contributed by atoms with Gasteiger partial charge in [0.25, 0.3) is 0 Å². The van der Waals surface area contributed by atoms with E-state index in [0.29, 0.717) is 18.1 Å². The SMILES string of the molecule is C.C.CCC12CC(Cc3ccc(OC)cc31)N(C(=O)N1CCCC1)C2.CCC12CC(Cc3ccc(OC)cc31)N(C(=O)N1CCCCC1)C2.CCC12CC(Cc3ccc(OC)cc31)N(C(=O)N1CCCCC1)C2.COc1ccc2c(c1)C1(c3ccccc3)CCN(C(=O)N3CCCCC3)C(C2)C1. The predicted molar refractivity (Wildman–Crippen MR) is 407 cm³/mol. The zero-order chi connectivity index (χ0) is 69.3. The molecule has 8 bridgehead atoms. The van der Waals surface area contributed by atoms with E-state index in [4.69, 9.17) is 18.9 Å². The maximum Gasteiger partial charge on any atom is 0.320 e. The van der Waals surface area contributed by atoms with Crippen molar-refractivity contribution < 1.29 is 38.1 Å². The van der Waals surface area contributed by atoms with Gasteiger partial charge in [-0.05, 0) is 246 Å². The van der Waals surface area contributed by atoms with E-state index < -0.39 is 0 Å². The minimum Gasteiger partial charge on any atom is -0.497 e. The third kappa shape index (κ3) is 13.9. The molecule has 8 fully saturated rings. The van der Waals surface area contributed by atoms with Crippen LogP contribution in [0.25, 0.3) is 0 Å². The number of hydrogen-bond acceptors (Lipinski definition) is 8. The number of carbonyl (C=O) groups is 4. The summed E-state index contributed by atoms with van der Waals surface area (Å²) < 4.78 is 21.9. The van der Waals surface area contributed by atoms with Crippen molar-refractivity contribution in [3.05, 3.63) is 153 Å². The summed E-state index contributed by atoms with van der Waals surface area (Å²) in [5.41, 5.74) is 12.9. The molecular formula is C86H120N8O8. The molecule has 8 amide bonds. The van der Waals surface area contributed by atoms with Gasteiger partial charge in [-0.25, -0.2) is 19.2 Å². The smallest absolute Gasteiger partial charge is 0.320 e. The van der Waals surface area contributed by atoms with E-state index in [-0.39, 0.29) is 66.7 Å². The quantitative estimate of drug-likeness (QED) is 0.150.